The molecule has 1 aromatic heterocycles. The van der Waals surface area contributed by atoms with E-state index >= 15 is 0 Å². The number of hydrogen-bond acceptors (Lipinski definition) is 2. The van der Waals surface area contributed by atoms with Crippen LogP contribution in [0.25, 0.3) is 0 Å². The van der Waals surface area contributed by atoms with Crippen LogP contribution < -0.4 is 9.92 Å². The van der Waals surface area contributed by atoms with Gasteiger partial charge in [-0.25, -0.2) is 0 Å². The van der Waals surface area contributed by atoms with Crippen molar-refractivity contribution in [2.45, 2.75) is 0 Å². The predicted octanol–water partition coefficient (Wildman–Crippen LogP) is 0.350. The highest BCUT2D eigenvalue weighted by atomic mass is 32.2. The predicted molar refractivity (Wildman–Crippen MR) is 39.6 cm³/mol. The Morgan fingerprint density at radius 3 is 2.60 bits per heavy atom. The van der Waals surface area contributed by atoms with Crippen molar-refractivity contribution >= 4 is 16.7 Å². The number of rotatable bonds is 3. The molecule has 0 unspecified atom stereocenters. The number of hydrogen-bond donors (Lipinski definition) is 1. The fourth-order valence-corrected chi connectivity index (χ4v) is 1.49. The van der Waals surface area contributed by atoms with Gasteiger partial charge in [-0.2, -0.15) is 0 Å². The van der Waals surface area contributed by atoms with Gasteiger partial charge in [0.1, 0.15) is 10.8 Å². The molecule has 1 heterocycles. The smallest absolute Gasteiger partial charge is 0.249 e. The molecule has 0 saturated carbocycles. The van der Waals surface area contributed by atoms with Gasteiger partial charge < -0.3 is 5.73 Å². The molecule has 54 valence electrons. The van der Waals surface area contributed by atoms with Crippen LogP contribution in [0.5, 0.6) is 0 Å². The van der Waals surface area contributed by atoms with Crippen molar-refractivity contribution in [3.8, 4) is 0 Å². The minimum absolute atomic E-state index is 0.00219. The molecule has 0 radical (unpaired) electrons. The van der Waals surface area contributed by atoms with Gasteiger partial charge in [0.05, 0.1) is 0 Å². The lowest BCUT2D eigenvalue weighted by Crippen LogP contribution is -2.19. The molecule has 0 atom stereocenters. The molecule has 0 aliphatic rings. The highest BCUT2D eigenvalue weighted by molar-refractivity contribution is 7.23. The Hall–Kier alpha value is -0.870. The van der Waals surface area contributed by atoms with Gasteiger partial charge in [-0.05, 0) is 12.1 Å². The highest BCUT2D eigenvalue weighted by Crippen LogP contribution is 2.11. The van der Waals surface area contributed by atoms with Crippen molar-refractivity contribution in [1.82, 2.24) is 0 Å². The van der Waals surface area contributed by atoms with Gasteiger partial charge in [-0.3, -0.25) is 4.79 Å². The average Bonchev–Trinajstić information content (AvgIpc) is 2.34. The molecule has 1 amide bonds. The van der Waals surface area contributed by atoms with Gasteiger partial charge in [0.15, 0.2) is 17.4 Å². The maximum atomic E-state index is 10.2. The molecule has 10 heavy (non-hydrogen) atoms. The monoisotopic (exact) mass is 158 g/mol. The summed E-state index contributed by atoms with van der Waals surface area (Å²) in [6.45, 7) is -0.00219. The summed E-state index contributed by atoms with van der Waals surface area (Å²) < 4.78 is 5.04. The zero-order valence-electron chi connectivity index (χ0n) is 5.32. The summed E-state index contributed by atoms with van der Waals surface area (Å²) in [5.74, 6) is -0.429. The van der Waals surface area contributed by atoms with Crippen LogP contribution in [-0.4, -0.2) is 12.5 Å². The first-order chi connectivity index (χ1) is 4.79. The summed E-state index contributed by atoms with van der Waals surface area (Å²) in [5.41, 5.74) is 4.86. The van der Waals surface area contributed by atoms with Gasteiger partial charge in [-0.15, -0.1) is 4.18 Å². The second kappa shape index (κ2) is 3.34. The quantitative estimate of drug-likeness (QED) is 0.645. The maximum Gasteiger partial charge on any atom is 0.249 e. The third-order valence-corrected chi connectivity index (χ3v) is 2.11. The van der Waals surface area contributed by atoms with Gasteiger partial charge in [0.25, 0.3) is 0 Å². The van der Waals surface area contributed by atoms with Crippen LogP contribution in [-0.2, 0) is 4.79 Å². The molecule has 0 aliphatic carbocycles. The van der Waals surface area contributed by atoms with Crippen LogP contribution in [0.4, 0.5) is 0 Å². The molecular formula is C6H8NO2S+. The molecule has 2 N–H and O–H groups in total. The zero-order valence-corrected chi connectivity index (χ0v) is 6.14. The first kappa shape index (κ1) is 7.24. The fourth-order valence-electron chi connectivity index (χ4n) is 0.496. The van der Waals surface area contributed by atoms with Crippen molar-refractivity contribution in [3.05, 3.63) is 22.9 Å². The normalized spacial score (nSPS) is 9.60. The number of amides is 1. The van der Waals surface area contributed by atoms with Crippen molar-refractivity contribution in [1.29, 1.82) is 0 Å². The first-order valence-electron chi connectivity index (χ1n) is 2.77. The van der Waals surface area contributed by atoms with E-state index in [4.69, 9.17) is 9.92 Å². The molecule has 3 nitrogen and oxygen atoms in total. The first-order valence-corrected chi connectivity index (χ1v) is 4.05. The van der Waals surface area contributed by atoms with Gasteiger partial charge in [-0.1, -0.05) is 0 Å². The third kappa shape index (κ3) is 2.16. The largest absolute Gasteiger partial charge is 0.367 e. The summed E-state index contributed by atoms with van der Waals surface area (Å²) in [4.78, 5) is 10.2. The molecule has 0 aromatic carbocycles. The molecule has 4 heteroatoms. The lowest BCUT2D eigenvalue weighted by molar-refractivity contribution is -0.119. The molecule has 0 fully saturated rings. The van der Waals surface area contributed by atoms with E-state index in [1.807, 2.05) is 22.9 Å². The number of carbonyl (C=O) groups excluding carboxylic acids is 1. The number of carbonyl (C=O) groups is 1. The highest BCUT2D eigenvalue weighted by Gasteiger charge is 2.04. The number of primary amides is 1. The van der Waals surface area contributed by atoms with Crippen LogP contribution in [0, 0.1) is 0 Å². The van der Waals surface area contributed by atoms with Gasteiger partial charge in [0.2, 0.25) is 5.91 Å². The molecule has 1 rings (SSSR count). The van der Waals surface area contributed by atoms with Crippen molar-refractivity contribution in [3.63, 3.8) is 0 Å². The van der Waals surface area contributed by atoms with E-state index < -0.39 is 5.91 Å². The molecule has 0 spiro atoms. The Labute approximate surface area is 61.6 Å². The number of thiophene rings is 1. The Balaban J connectivity index is 2.35. The van der Waals surface area contributed by atoms with Crippen LogP contribution in [0.1, 0.15) is 0 Å². The molecule has 0 bridgehead atoms. The average molecular weight is 158 g/mol. The van der Waals surface area contributed by atoms with E-state index in [0.717, 1.165) is 0 Å². The lowest BCUT2D eigenvalue weighted by Gasteiger charge is -1.84. The van der Waals surface area contributed by atoms with Crippen LogP contribution in [0.15, 0.2) is 22.9 Å². The summed E-state index contributed by atoms with van der Waals surface area (Å²) in [7, 11) is -0.310. The number of nitrogens with two attached hydrogens (primary N) is 1. The van der Waals surface area contributed by atoms with Crippen LogP contribution >= 0.6 is 10.8 Å². The third-order valence-electron chi connectivity index (χ3n) is 0.874. The van der Waals surface area contributed by atoms with Crippen LogP contribution in [0.2, 0.25) is 0 Å². The molecule has 1 aromatic rings. The second-order valence-corrected chi connectivity index (χ2v) is 3.15. The fraction of sp³-hybridized carbons (Fsp3) is 0.167. The van der Waals surface area contributed by atoms with E-state index in [-0.39, 0.29) is 17.4 Å². The minimum Gasteiger partial charge on any atom is -0.367 e. The Kier molecular flexibility index (Phi) is 2.42. The van der Waals surface area contributed by atoms with Crippen molar-refractivity contribution in [2.75, 3.05) is 6.61 Å². The van der Waals surface area contributed by atoms with Gasteiger partial charge in [0, 0.05) is 0 Å². The van der Waals surface area contributed by atoms with Crippen LogP contribution in [0.3, 0.4) is 0 Å². The van der Waals surface area contributed by atoms with E-state index in [1.165, 1.54) is 0 Å². The topological polar surface area (TPSA) is 52.3 Å². The van der Waals surface area contributed by atoms with E-state index in [2.05, 4.69) is 0 Å². The van der Waals surface area contributed by atoms with E-state index in [1.54, 1.807) is 0 Å². The summed E-state index contributed by atoms with van der Waals surface area (Å²) in [6.07, 6.45) is 0. The molecular weight excluding hydrogens is 150 g/mol. The summed E-state index contributed by atoms with van der Waals surface area (Å²) >= 11 is 0. The van der Waals surface area contributed by atoms with E-state index in [9.17, 15) is 4.79 Å². The lowest BCUT2D eigenvalue weighted by atomic mass is 10.7. The maximum absolute atomic E-state index is 10.2. The summed E-state index contributed by atoms with van der Waals surface area (Å²) in [6, 6.07) is 3.76. The minimum atomic E-state index is -0.429. The Bertz CT molecular complexity index is 208. The molecule has 0 aliphatic heterocycles. The SMILES string of the molecule is NC(=O)CO[s+]1cccc1. The Morgan fingerprint density at radius 2 is 2.10 bits per heavy atom. The second-order valence-electron chi connectivity index (χ2n) is 1.71. The molecule has 0 saturated heterocycles. The zero-order chi connectivity index (χ0) is 7.40. The van der Waals surface area contributed by atoms with Crippen molar-refractivity contribution in [2.24, 2.45) is 5.73 Å². The standard InChI is InChI=1S/C6H7NO2S/c7-6(8)5-9-10-3-1-2-4-10/h1-4H,5H2,(H-,7,8)/p+1. The van der Waals surface area contributed by atoms with E-state index in [0.29, 0.717) is 0 Å². The van der Waals surface area contributed by atoms with Crippen molar-refractivity contribution < 1.29 is 8.98 Å². The van der Waals surface area contributed by atoms with Gasteiger partial charge >= 0.3 is 0 Å². The Morgan fingerprint density at radius 1 is 1.50 bits per heavy atom. The summed E-state index contributed by atoms with van der Waals surface area (Å²) in [5, 5.41) is 3.76.